The summed E-state index contributed by atoms with van der Waals surface area (Å²) in [5, 5.41) is 0. The predicted molar refractivity (Wildman–Crippen MR) is 53.9 cm³/mol. The molecule has 0 fully saturated rings. The molecule has 1 aliphatic rings. The highest BCUT2D eigenvalue weighted by Gasteiger charge is 2.23. The molecular formula is C11H18N2. The molecule has 0 bridgehead atoms. The predicted octanol–water partition coefficient (Wildman–Crippen LogP) is 2.52. The van der Waals surface area contributed by atoms with E-state index in [1.807, 2.05) is 0 Å². The fourth-order valence-corrected chi connectivity index (χ4v) is 2.03. The summed E-state index contributed by atoms with van der Waals surface area (Å²) in [7, 11) is 0. The highest BCUT2D eigenvalue weighted by molar-refractivity contribution is 5.13. The fraction of sp³-hybridized carbons (Fsp3) is 0.727. The van der Waals surface area contributed by atoms with Gasteiger partial charge in [0, 0.05) is 23.9 Å². The minimum absolute atomic E-state index is 0.190. The van der Waals surface area contributed by atoms with Crippen molar-refractivity contribution in [2.24, 2.45) is 0 Å². The molecule has 13 heavy (non-hydrogen) atoms. The SMILES string of the molecule is CC(C)(C)c1ncc2n1CCCC2. The summed E-state index contributed by atoms with van der Waals surface area (Å²) in [5.41, 5.74) is 1.62. The van der Waals surface area contributed by atoms with Gasteiger partial charge in [-0.3, -0.25) is 0 Å². The van der Waals surface area contributed by atoms with Crippen molar-refractivity contribution >= 4 is 0 Å². The van der Waals surface area contributed by atoms with E-state index in [1.165, 1.54) is 37.3 Å². The van der Waals surface area contributed by atoms with Gasteiger partial charge >= 0.3 is 0 Å². The second kappa shape index (κ2) is 2.86. The number of imidazole rings is 1. The first-order valence-electron chi connectivity index (χ1n) is 5.14. The molecular weight excluding hydrogens is 160 g/mol. The minimum Gasteiger partial charge on any atom is -0.332 e. The van der Waals surface area contributed by atoms with Gasteiger partial charge in [-0.2, -0.15) is 0 Å². The molecule has 2 nitrogen and oxygen atoms in total. The van der Waals surface area contributed by atoms with Gasteiger partial charge in [-0.25, -0.2) is 4.98 Å². The van der Waals surface area contributed by atoms with Crippen LogP contribution in [0.3, 0.4) is 0 Å². The van der Waals surface area contributed by atoms with Gasteiger partial charge in [-0.05, 0) is 19.3 Å². The lowest BCUT2D eigenvalue weighted by Gasteiger charge is -2.23. The van der Waals surface area contributed by atoms with E-state index in [2.05, 4.69) is 36.5 Å². The van der Waals surface area contributed by atoms with Crippen molar-refractivity contribution in [1.29, 1.82) is 0 Å². The van der Waals surface area contributed by atoms with E-state index in [4.69, 9.17) is 0 Å². The van der Waals surface area contributed by atoms with Gasteiger partial charge in [-0.1, -0.05) is 20.8 Å². The van der Waals surface area contributed by atoms with E-state index < -0.39 is 0 Å². The van der Waals surface area contributed by atoms with Crippen LogP contribution in [0.2, 0.25) is 0 Å². The zero-order chi connectivity index (χ0) is 9.47. The van der Waals surface area contributed by atoms with Gasteiger partial charge in [0.25, 0.3) is 0 Å². The zero-order valence-corrected chi connectivity index (χ0v) is 8.80. The summed E-state index contributed by atoms with van der Waals surface area (Å²) >= 11 is 0. The van der Waals surface area contributed by atoms with Gasteiger partial charge in [-0.15, -0.1) is 0 Å². The standard InChI is InChI=1S/C11H18N2/c1-11(2,3)10-12-8-9-6-4-5-7-13(9)10/h8H,4-7H2,1-3H3. The highest BCUT2D eigenvalue weighted by Crippen LogP contribution is 2.25. The lowest BCUT2D eigenvalue weighted by molar-refractivity contribution is 0.453. The van der Waals surface area contributed by atoms with Gasteiger partial charge < -0.3 is 4.57 Å². The third-order valence-corrected chi connectivity index (χ3v) is 2.67. The molecule has 2 heteroatoms. The number of hydrogen-bond acceptors (Lipinski definition) is 1. The Labute approximate surface area is 80.0 Å². The second-order valence-corrected chi connectivity index (χ2v) is 4.93. The maximum Gasteiger partial charge on any atom is 0.114 e. The smallest absolute Gasteiger partial charge is 0.114 e. The lowest BCUT2D eigenvalue weighted by atomic mass is 9.95. The van der Waals surface area contributed by atoms with Crippen LogP contribution >= 0.6 is 0 Å². The molecule has 0 spiro atoms. The average Bonchev–Trinajstić information content (AvgIpc) is 2.45. The van der Waals surface area contributed by atoms with Crippen molar-refractivity contribution in [1.82, 2.24) is 9.55 Å². The summed E-state index contributed by atoms with van der Waals surface area (Å²) in [4.78, 5) is 4.53. The third-order valence-electron chi connectivity index (χ3n) is 2.67. The molecule has 0 atom stereocenters. The number of aryl methyl sites for hydroxylation is 1. The monoisotopic (exact) mass is 178 g/mol. The van der Waals surface area contributed by atoms with Gasteiger partial charge in [0.15, 0.2) is 0 Å². The van der Waals surface area contributed by atoms with Crippen LogP contribution in [0.5, 0.6) is 0 Å². The molecule has 0 unspecified atom stereocenters. The maximum absolute atomic E-state index is 4.53. The van der Waals surface area contributed by atoms with Crippen LogP contribution in [0.4, 0.5) is 0 Å². The van der Waals surface area contributed by atoms with Crippen molar-refractivity contribution in [3.05, 3.63) is 17.7 Å². The van der Waals surface area contributed by atoms with E-state index in [1.54, 1.807) is 0 Å². The third kappa shape index (κ3) is 1.50. The minimum atomic E-state index is 0.190. The van der Waals surface area contributed by atoms with Crippen LogP contribution in [0.25, 0.3) is 0 Å². The summed E-state index contributed by atoms with van der Waals surface area (Å²) in [6, 6.07) is 0. The Balaban J connectivity index is 2.43. The summed E-state index contributed by atoms with van der Waals surface area (Å²) < 4.78 is 2.41. The van der Waals surface area contributed by atoms with Crippen LogP contribution in [0.1, 0.15) is 45.1 Å². The van der Waals surface area contributed by atoms with Gasteiger partial charge in [0.05, 0.1) is 0 Å². The molecule has 1 aromatic rings. The second-order valence-electron chi connectivity index (χ2n) is 4.93. The lowest BCUT2D eigenvalue weighted by Crippen LogP contribution is -2.22. The molecule has 0 saturated carbocycles. The number of aromatic nitrogens is 2. The normalized spacial score (nSPS) is 17.2. The quantitative estimate of drug-likeness (QED) is 0.597. The molecule has 1 aliphatic heterocycles. The zero-order valence-electron chi connectivity index (χ0n) is 8.80. The first-order valence-corrected chi connectivity index (χ1v) is 5.14. The molecule has 0 aliphatic carbocycles. The van der Waals surface area contributed by atoms with Crippen molar-refractivity contribution in [2.75, 3.05) is 0 Å². The highest BCUT2D eigenvalue weighted by atomic mass is 15.1. The molecule has 72 valence electrons. The Morgan fingerprint density at radius 1 is 1.31 bits per heavy atom. The maximum atomic E-state index is 4.53. The van der Waals surface area contributed by atoms with Crippen LogP contribution in [-0.4, -0.2) is 9.55 Å². The van der Waals surface area contributed by atoms with Crippen LogP contribution in [-0.2, 0) is 18.4 Å². The Bertz CT molecular complexity index is 304. The molecule has 0 N–H and O–H groups in total. The van der Waals surface area contributed by atoms with E-state index in [0.29, 0.717) is 0 Å². The molecule has 2 heterocycles. The van der Waals surface area contributed by atoms with Crippen molar-refractivity contribution in [2.45, 2.75) is 52.0 Å². The van der Waals surface area contributed by atoms with Crippen LogP contribution in [0.15, 0.2) is 6.20 Å². The molecule has 1 aromatic heterocycles. The summed E-state index contributed by atoms with van der Waals surface area (Å²) in [6.07, 6.45) is 5.91. The first-order chi connectivity index (χ1) is 6.09. The topological polar surface area (TPSA) is 17.8 Å². The van der Waals surface area contributed by atoms with E-state index in [-0.39, 0.29) is 5.41 Å². The van der Waals surface area contributed by atoms with E-state index in [0.717, 1.165) is 0 Å². The molecule has 0 saturated heterocycles. The molecule has 0 radical (unpaired) electrons. The Morgan fingerprint density at radius 2 is 2.08 bits per heavy atom. The Hall–Kier alpha value is -0.790. The summed E-state index contributed by atoms with van der Waals surface area (Å²) in [6.45, 7) is 7.87. The van der Waals surface area contributed by atoms with Gasteiger partial charge in [0.1, 0.15) is 5.82 Å². The van der Waals surface area contributed by atoms with Crippen LogP contribution < -0.4 is 0 Å². The number of hydrogen-bond donors (Lipinski definition) is 0. The number of fused-ring (bicyclic) bond motifs is 1. The Morgan fingerprint density at radius 3 is 2.77 bits per heavy atom. The molecule has 2 rings (SSSR count). The summed E-state index contributed by atoms with van der Waals surface area (Å²) in [5.74, 6) is 1.25. The van der Waals surface area contributed by atoms with E-state index in [9.17, 15) is 0 Å². The molecule has 0 aromatic carbocycles. The first kappa shape index (κ1) is 8.79. The van der Waals surface area contributed by atoms with Crippen LogP contribution in [0, 0.1) is 0 Å². The number of rotatable bonds is 0. The molecule has 0 amide bonds. The van der Waals surface area contributed by atoms with Crippen molar-refractivity contribution in [3.63, 3.8) is 0 Å². The number of nitrogens with zero attached hydrogens (tertiary/aromatic N) is 2. The van der Waals surface area contributed by atoms with E-state index >= 15 is 0 Å². The largest absolute Gasteiger partial charge is 0.332 e. The van der Waals surface area contributed by atoms with Crippen molar-refractivity contribution < 1.29 is 0 Å². The van der Waals surface area contributed by atoms with Crippen molar-refractivity contribution in [3.8, 4) is 0 Å². The van der Waals surface area contributed by atoms with Gasteiger partial charge in [0.2, 0.25) is 0 Å². The Kier molecular flexibility index (Phi) is 1.94. The average molecular weight is 178 g/mol. The fourth-order valence-electron chi connectivity index (χ4n) is 2.03.